The maximum absolute atomic E-state index is 5.49. The minimum atomic E-state index is 0.558. The van der Waals surface area contributed by atoms with Gasteiger partial charge in [-0.2, -0.15) is 5.21 Å². The highest BCUT2D eigenvalue weighted by Crippen LogP contribution is 2.19. The SMILES string of the molecule is Cc1ccc(NOc2ccc(-c3nn[nH]n3)cc2)cc1. The van der Waals surface area contributed by atoms with Crippen molar-refractivity contribution in [2.45, 2.75) is 6.92 Å². The molecule has 0 saturated heterocycles. The first-order valence-corrected chi connectivity index (χ1v) is 6.15. The summed E-state index contributed by atoms with van der Waals surface area (Å²) >= 11 is 0. The van der Waals surface area contributed by atoms with Crippen LogP contribution in [0.25, 0.3) is 11.4 Å². The van der Waals surface area contributed by atoms with Gasteiger partial charge < -0.3 is 4.84 Å². The highest BCUT2D eigenvalue weighted by atomic mass is 16.6. The number of aryl methyl sites for hydroxylation is 1. The lowest BCUT2D eigenvalue weighted by Gasteiger charge is -2.08. The molecule has 6 nitrogen and oxygen atoms in total. The summed E-state index contributed by atoms with van der Waals surface area (Å²) in [6, 6.07) is 15.4. The van der Waals surface area contributed by atoms with Gasteiger partial charge in [-0.15, -0.1) is 10.2 Å². The Kier molecular flexibility index (Phi) is 3.28. The van der Waals surface area contributed by atoms with Gasteiger partial charge in [-0.25, -0.2) is 5.48 Å². The Labute approximate surface area is 115 Å². The van der Waals surface area contributed by atoms with E-state index in [1.54, 1.807) is 0 Å². The van der Waals surface area contributed by atoms with Crippen LogP contribution in [0.2, 0.25) is 0 Å². The summed E-state index contributed by atoms with van der Waals surface area (Å²) in [4.78, 5) is 5.49. The van der Waals surface area contributed by atoms with Gasteiger partial charge in [0.25, 0.3) is 0 Å². The zero-order chi connectivity index (χ0) is 13.8. The van der Waals surface area contributed by atoms with E-state index in [0.29, 0.717) is 11.6 Å². The molecule has 0 amide bonds. The van der Waals surface area contributed by atoms with Crippen molar-refractivity contribution in [2.24, 2.45) is 0 Å². The van der Waals surface area contributed by atoms with Gasteiger partial charge in [-0.05, 0) is 48.5 Å². The number of nitrogens with one attached hydrogen (secondary N) is 2. The molecule has 0 unspecified atom stereocenters. The van der Waals surface area contributed by atoms with Crippen molar-refractivity contribution in [3.63, 3.8) is 0 Å². The smallest absolute Gasteiger partial charge is 0.204 e. The maximum atomic E-state index is 5.49. The molecular weight excluding hydrogens is 254 g/mol. The summed E-state index contributed by atoms with van der Waals surface area (Å²) < 4.78 is 0. The molecule has 0 aliphatic heterocycles. The number of anilines is 1. The number of H-pyrrole nitrogens is 1. The van der Waals surface area contributed by atoms with Crippen molar-refractivity contribution in [2.75, 3.05) is 5.48 Å². The third kappa shape index (κ3) is 2.74. The fourth-order valence-electron chi connectivity index (χ4n) is 1.70. The molecule has 0 fully saturated rings. The highest BCUT2D eigenvalue weighted by molar-refractivity contribution is 5.55. The molecular formula is C14H13N5O. The molecule has 0 atom stereocenters. The van der Waals surface area contributed by atoms with Gasteiger partial charge >= 0.3 is 0 Å². The molecule has 2 aromatic carbocycles. The van der Waals surface area contributed by atoms with Gasteiger partial charge in [0.05, 0.1) is 5.69 Å². The van der Waals surface area contributed by atoms with Crippen LogP contribution in [0.4, 0.5) is 5.69 Å². The van der Waals surface area contributed by atoms with E-state index >= 15 is 0 Å². The monoisotopic (exact) mass is 267 g/mol. The van der Waals surface area contributed by atoms with Crippen LogP contribution in [0.5, 0.6) is 5.75 Å². The van der Waals surface area contributed by atoms with Gasteiger partial charge in [-0.3, -0.25) is 0 Å². The average molecular weight is 267 g/mol. The largest absolute Gasteiger partial charge is 0.382 e. The Morgan fingerprint density at radius 3 is 2.40 bits per heavy atom. The van der Waals surface area contributed by atoms with Crippen LogP contribution in [0.15, 0.2) is 48.5 Å². The van der Waals surface area contributed by atoms with Crippen molar-refractivity contribution in [3.05, 3.63) is 54.1 Å². The summed E-state index contributed by atoms with van der Waals surface area (Å²) in [6.45, 7) is 2.04. The highest BCUT2D eigenvalue weighted by Gasteiger charge is 2.02. The summed E-state index contributed by atoms with van der Waals surface area (Å²) in [5.41, 5.74) is 5.88. The second-order valence-electron chi connectivity index (χ2n) is 4.33. The van der Waals surface area contributed by atoms with Crippen LogP contribution >= 0.6 is 0 Å². The molecule has 0 aliphatic carbocycles. The van der Waals surface area contributed by atoms with Crippen molar-refractivity contribution < 1.29 is 4.84 Å². The molecule has 0 bridgehead atoms. The van der Waals surface area contributed by atoms with Crippen LogP contribution in [-0.4, -0.2) is 20.6 Å². The minimum Gasteiger partial charge on any atom is -0.382 e. The summed E-state index contributed by atoms with van der Waals surface area (Å²) in [7, 11) is 0. The lowest BCUT2D eigenvalue weighted by molar-refractivity contribution is 0.405. The Bertz CT molecular complexity index is 662. The minimum absolute atomic E-state index is 0.558. The molecule has 0 spiro atoms. The molecule has 1 heterocycles. The maximum Gasteiger partial charge on any atom is 0.204 e. The van der Waals surface area contributed by atoms with Crippen molar-refractivity contribution in [3.8, 4) is 17.1 Å². The first kappa shape index (κ1) is 12.2. The van der Waals surface area contributed by atoms with Crippen molar-refractivity contribution in [1.82, 2.24) is 20.6 Å². The standard InChI is InChI=1S/C14H13N5O/c1-10-2-6-12(7-3-10)17-20-13-8-4-11(5-9-13)14-15-18-19-16-14/h2-9,17H,1H3,(H,15,16,18,19). The summed E-state index contributed by atoms with van der Waals surface area (Å²) in [6.07, 6.45) is 0. The number of hydrogen-bond donors (Lipinski definition) is 2. The third-order valence-electron chi connectivity index (χ3n) is 2.80. The van der Waals surface area contributed by atoms with Gasteiger partial charge in [0, 0.05) is 5.56 Å². The topological polar surface area (TPSA) is 75.7 Å². The molecule has 20 heavy (non-hydrogen) atoms. The van der Waals surface area contributed by atoms with Crippen LogP contribution in [0.1, 0.15) is 5.56 Å². The number of rotatable bonds is 4. The van der Waals surface area contributed by atoms with Crippen LogP contribution in [0.3, 0.4) is 0 Å². The van der Waals surface area contributed by atoms with E-state index in [1.807, 2.05) is 55.5 Å². The van der Waals surface area contributed by atoms with Crippen molar-refractivity contribution in [1.29, 1.82) is 0 Å². The number of aromatic nitrogens is 4. The molecule has 1 aromatic heterocycles. The summed E-state index contributed by atoms with van der Waals surface area (Å²) in [5, 5.41) is 13.8. The first-order valence-electron chi connectivity index (χ1n) is 6.15. The molecule has 3 aromatic rings. The first-order chi connectivity index (χ1) is 9.81. The zero-order valence-corrected chi connectivity index (χ0v) is 10.9. The Hall–Kier alpha value is -2.89. The third-order valence-corrected chi connectivity index (χ3v) is 2.80. The van der Waals surface area contributed by atoms with Gasteiger partial charge in [0.15, 0.2) is 5.75 Å². The van der Waals surface area contributed by atoms with Gasteiger partial charge in [0.1, 0.15) is 0 Å². The Morgan fingerprint density at radius 1 is 1.00 bits per heavy atom. The Morgan fingerprint density at radius 2 is 1.75 bits per heavy atom. The fourth-order valence-corrected chi connectivity index (χ4v) is 1.70. The Balaban J connectivity index is 1.65. The van der Waals surface area contributed by atoms with E-state index in [-0.39, 0.29) is 0 Å². The lowest BCUT2D eigenvalue weighted by Crippen LogP contribution is -2.04. The second kappa shape index (κ2) is 5.40. The number of hydrogen-bond acceptors (Lipinski definition) is 5. The van der Waals surface area contributed by atoms with Crippen LogP contribution in [-0.2, 0) is 0 Å². The fraction of sp³-hybridized carbons (Fsp3) is 0.0714. The van der Waals surface area contributed by atoms with E-state index < -0.39 is 0 Å². The molecule has 3 rings (SSSR count). The lowest BCUT2D eigenvalue weighted by atomic mass is 10.2. The molecule has 100 valence electrons. The van der Waals surface area contributed by atoms with Crippen LogP contribution in [0, 0.1) is 6.92 Å². The van der Waals surface area contributed by atoms with E-state index in [2.05, 4.69) is 26.1 Å². The number of tetrazole rings is 1. The van der Waals surface area contributed by atoms with Crippen molar-refractivity contribution >= 4 is 5.69 Å². The number of nitrogens with zero attached hydrogens (tertiary/aromatic N) is 3. The van der Waals surface area contributed by atoms with Crippen LogP contribution < -0.4 is 10.3 Å². The molecule has 0 radical (unpaired) electrons. The average Bonchev–Trinajstić information content (AvgIpc) is 3.01. The second-order valence-corrected chi connectivity index (χ2v) is 4.33. The predicted octanol–water partition coefficient (Wildman–Crippen LogP) is 2.58. The zero-order valence-electron chi connectivity index (χ0n) is 10.9. The number of benzene rings is 2. The van der Waals surface area contributed by atoms with E-state index in [9.17, 15) is 0 Å². The predicted molar refractivity (Wildman–Crippen MR) is 75.0 cm³/mol. The molecule has 0 saturated carbocycles. The molecule has 0 aliphatic rings. The van der Waals surface area contributed by atoms with E-state index in [1.165, 1.54) is 5.56 Å². The molecule has 2 N–H and O–H groups in total. The molecule has 6 heteroatoms. The quantitative estimate of drug-likeness (QED) is 0.710. The normalized spacial score (nSPS) is 10.2. The summed E-state index contributed by atoms with van der Waals surface area (Å²) in [5.74, 6) is 1.26. The van der Waals surface area contributed by atoms with Gasteiger partial charge in [-0.1, -0.05) is 17.7 Å². The van der Waals surface area contributed by atoms with E-state index in [0.717, 1.165) is 11.3 Å². The van der Waals surface area contributed by atoms with E-state index in [4.69, 9.17) is 4.84 Å². The number of aromatic amines is 1. The van der Waals surface area contributed by atoms with Gasteiger partial charge in [0.2, 0.25) is 5.82 Å².